The lowest BCUT2D eigenvalue weighted by molar-refractivity contribution is -0.133. The maximum absolute atomic E-state index is 12.4. The quantitative estimate of drug-likeness (QED) is 0.816. The molecule has 3 nitrogen and oxygen atoms in total. The summed E-state index contributed by atoms with van der Waals surface area (Å²) in [5.74, 6) is 2.54. The third-order valence-corrected chi connectivity index (χ3v) is 4.94. The number of hydrogen-bond donors (Lipinski definition) is 1. The summed E-state index contributed by atoms with van der Waals surface area (Å²) in [4.78, 5) is 14.4. The van der Waals surface area contributed by atoms with Gasteiger partial charge in [0.1, 0.15) is 0 Å². The van der Waals surface area contributed by atoms with Crippen LogP contribution < -0.4 is 5.32 Å². The van der Waals surface area contributed by atoms with Crippen molar-refractivity contribution in [2.24, 2.45) is 0 Å². The number of carbonyl (C=O) groups is 1. The van der Waals surface area contributed by atoms with Gasteiger partial charge in [-0.25, -0.2) is 0 Å². The molecule has 0 aromatic heterocycles. The molecule has 2 aliphatic rings. The molecule has 1 amide bonds. The Balaban J connectivity index is 1.96. The number of carbonyl (C=O) groups excluding carboxylic acids is 1. The Morgan fingerprint density at radius 2 is 2.19 bits per heavy atom. The third kappa shape index (κ3) is 2.09. The van der Waals surface area contributed by atoms with Gasteiger partial charge in [-0.3, -0.25) is 10.1 Å². The summed E-state index contributed by atoms with van der Waals surface area (Å²) < 4.78 is 0. The average molecular weight is 242 g/mol. The molecular formula is C12H22N2OS. The van der Waals surface area contributed by atoms with Crippen molar-refractivity contribution in [1.82, 2.24) is 10.2 Å². The van der Waals surface area contributed by atoms with Crippen molar-refractivity contribution in [2.45, 2.75) is 51.1 Å². The molecule has 1 aliphatic carbocycles. The standard InChI is InChI=1S/C12H22N2OS/c1-3-16-8-10(2)14-9-13-12(11(14)15)6-4-5-7-12/h10,13H,3-9H2,1-2H3. The first-order valence-electron chi connectivity index (χ1n) is 6.33. The van der Waals surface area contributed by atoms with E-state index in [1.165, 1.54) is 12.8 Å². The second-order valence-corrected chi connectivity index (χ2v) is 6.23. The molecule has 16 heavy (non-hydrogen) atoms. The molecule has 1 aliphatic heterocycles. The van der Waals surface area contributed by atoms with E-state index < -0.39 is 0 Å². The van der Waals surface area contributed by atoms with E-state index in [1.807, 2.05) is 16.7 Å². The normalized spacial score (nSPS) is 25.6. The molecule has 2 rings (SSSR count). The molecule has 92 valence electrons. The number of amides is 1. The molecule has 4 heteroatoms. The van der Waals surface area contributed by atoms with Crippen molar-refractivity contribution in [3.05, 3.63) is 0 Å². The Hall–Kier alpha value is -0.220. The minimum absolute atomic E-state index is 0.175. The molecule has 1 saturated heterocycles. The molecule has 2 fully saturated rings. The number of thioether (sulfide) groups is 1. The van der Waals surface area contributed by atoms with E-state index in [-0.39, 0.29) is 5.54 Å². The molecule has 0 bridgehead atoms. The van der Waals surface area contributed by atoms with Gasteiger partial charge in [0.05, 0.1) is 12.2 Å². The number of hydrogen-bond acceptors (Lipinski definition) is 3. The van der Waals surface area contributed by atoms with Gasteiger partial charge in [0.15, 0.2) is 0 Å². The van der Waals surface area contributed by atoms with Crippen molar-refractivity contribution >= 4 is 17.7 Å². The zero-order chi connectivity index (χ0) is 11.6. The van der Waals surface area contributed by atoms with Crippen molar-refractivity contribution in [2.75, 3.05) is 18.2 Å². The SMILES string of the molecule is CCSCC(C)N1CNC2(CCCC2)C1=O. The Labute approximate surface area is 102 Å². The van der Waals surface area contributed by atoms with Crippen molar-refractivity contribution in [1.29, 1.82) is 0 Å². The fourth-order valence-corrected chi connectivity index (χ4v) is 3.52. The lowest BCUT2D eigenvalue weighted by Gasteiger charge is -2.26. The first kappa shape index (κ1) is 12.2. The van der Waals surface area contributed by atoms with Crippen molar-refractivity contribution < 1.29 is 4.79 Å². The summed E-state index contributed by atoms with van der Waals surface area (Å²) in [7, 11) is 0. The Kier molecular flexibility index (Phi) is 3.80. The minimum Gasteiger partial charge on any atom is -0.325 e. The van der Waals surface area contributed by atoms with E-state index in [0.29, 0.717) is 11.9 Å². The summed E-state index contributed by atoms with van der Waals surface area (Å²) in [5.41, 5.74) is -0.175. The van der Waals surface area contributed by atoms with Crippen LogP contribution in [-0.2, 0) is 4.79 Å². The largest absolute Gasteiger partial charge is 0.325 e. The van der Waals surface area contributed by atoms with Crippen LogP contribution in [0.1, 0.15) is 39.5 Å². The van der Waals surface area contributed by atoms with Crippen LogP contribution in [0.5, 0.6) is 0 Å². The minimum atomic E-state index is -0.175. The number of rotatable bonds is 4. The van der Waals surface area contributed by atoms with Crippen molar-refractivity contribution in [3.63, 3.8) is 0 Å². The molecule has 0 aromatic rings. The van der Waals surface area contributed by atoms with Gasteiger partial charge in [-0.05, 0) is 25.5 Å². The molecule has 1 saturated carbocycles. The third-order valence-electron chi connectivity index (χ3n) is 3.81. The van der Waals surface area contributed by atoms with E-state index in [0.717, 1.165) is 31.0 Å². The molecule has 1 atom stereocenters. The van der Waals surface area contributed by atoms with Gasteiger partial charge in [-0.15, -0.1) is 0 Å². The maximum Gasteiger partial charge on any atom is 0.244 e. The van der Waals surface area contributed by atoms with Crippen LogP contribution in [0.3, 0.4) is 0 Å². The van der Waals surface area contributed by atoms with Gasteiger partial charge in [-0.1, -0.05) is 19.8 Å². The van der Waals surface area contributed by atoms with Crippen LogP contribution in [0.2, 0.25) is 0 Å². The highest BCUT2D eigenvalue weighted by Gasteiger charge is 2.48. The second kappa shape index (κ2) is 4.96. The van der Waals surface area contributed by atoms with Gasteiger partial charge in [0, 0.05) is 11.8 Å². The summed E-state index contributed by atoms with van der Waals surface area (Å²) in [5, 5.41) is 3.46. The van der Waals surface area contributed by atoms with Gasteiger partial charge < -0.3 is 4.90 Å². The summed E-state index contributed by atoms with van der Waals surface area (Å²) in [6.45, 7) is 5.08. The number of nitrogens with one attached hydrogen (secondary N) is 1. The summed E-state index contributed by atoms with van der Waals surface area (Å²) in [6.07, 6.45) is 4.47. The molecule has 1 spiro atoms. The first-order valence-corrected chi connectivity index (χ1v) is 7.49. The predicted octanol–water partition coefficient (Wildman–Crippen LogP) is 1.83. The highest BCUT2D eigenvalue weighted by atomic mass is 32.2. The van der Waals surface area contributed by atoms with Crippen LogP contribution in [0.15, 0.2) is 0 Å². The van der Waals surface area contributed by atoms with E-state index in [1.54, 1.807) is 0 Å². The monoisotopic (exact) mass is 242 g/mol. The fourth-order valence-electron chi connectivity index (χ4n) is 2.76. The Bertz CT molecular complexity index is 264. The predicted molar refractivity (Wildman–Crippen MR) is 68.5 cm³/mol. The van der Waals surface area contributed by atoms with E-state index in [2.05, 4.69) is 19.2 Å². The first-order chi connectivity index (χ1) is 7.69. The van der Waals surface area contributed by atoms with E-state index >= 15 is 0 Å². The van der Waals surface area contributed by atoms with Crippen LogP contribution in [0.25, 0.3) is 0 Å². The Morgan fingerprint density at radius 3 is 2.81 bits per heavy atom. The zero-order valence-electron chi connectivity index (χ0n) is 10.3. The maximum atomic E-state index is 12.4. The molecular weight excluding hydrogens is 220 g/mol. The van der Waals surface area contributed by atoms with Crippen molar-refractivity contribution in [3.8, 4) is 0 Å². The number of nitrogens with zero attached hydrogens (tertiary/aromatic N) is 1. The molecule has 1 unspecified atom stereocenters. The molecule has 0 aromatic carbocycles. The highest BCUT2D eigenvalue weighted by molar-refractivity contribution is 7.99. The van der Waals surface area contributed by atoms with Crippen LogP contribution >= 0.6 is 11.8 Å². The van der Waals surface area contributed by atoms with Gasteiger partial charge in [0.2, 0.25) is 5.91 Å². The van der Waals surface area contributed by atoms with Gasteiger partial charge in [-0.2, -0.15) is 11.8 Å². The van der Waals surface area contributed by atoms with Gasteiger partial charge in [0.25, 0.3) is 0 Å². The lowest BCUT2D eigenvalue weighted by atomic mass is 9.98. The zero-order valence-corrected chi connectivity index (χ0v) is 11.1. The molecule has 1 N–H and O–H groups in total. The summed E-state index contributed by atoms with van der Waals surface area (Å²) in [6, 6.07) is 0.366. The lowest BCUT2D eigenvalue weighted by Crippen LogP contribution is -2.45. The topological polar surface area (TPSA) is 32.3 Å². The molecule has 0 radical (unpaired) electrons. The average Bonchev–Trinajstić information content (AvgIpc) is 2.87. The summed E-state index contributed by atoms with van der Waals surface area (Å²) >= 11 is 1.91. The highest BCUT2D eigenvalue weighted by Crippen LogP contribution is 2.35. The second-order valence-electron chi connectivity index (χ2n) is 4.91. The Morgan fingerprint density at radius 1 is 1.50 bits per heavy atom. The van der Waals surface area contributed by atoms with Gasteiger partial charge >= 0.3 is 0 Å². The van der Waals surface area contributed by atoms with Crippen LogP contribution in [-0.4, -0.2) is 40.6 Å². The van der Waals surface area contributed by atoms with Crippen LogP contribution in [0, 0.1) is 0 Å². The van der Waals surface area contributed by atoms with E-state index in [4.69, 9.17) is 0 Å². The fraction of sp³-hybridized carbons (Fsp3) is 0.917. The smallest absolute Gasteiger partial charge is 0.244 e. The molecule has 1 heterocycles. The van der Waals surface area contributed by atoms with E-state index in [9.17, 15) is 4.79 Å². The van der Waals surface area contributed by atoms with Crippen LogP contribution in [0.4, 0.5) is 0 Å².